The number of hydrogen-bond donors (Lipinski definition) is 1. The summed E-state index contributed by atoms with van der Waals surface area (Å²) >= 11 is 0. The lowest BCUT2D eigenvalue weighted by Gasteiger charge is -2.40. The molecule has 0 aromatic carbocycles. The van der Waals surface area contributed by atoms with Crippen LogP contribution in [0.25, 0.3) is 0 Å². The van der Waals surface area contributed by atoms with E-state index in [-0.39, 0.29) is 11.5 Å². The average molecular weight is 255 g/mol. The monoisotopic (exact) mass is 255 g/mol. The van der Waals surface area contributed by atoms with Crippen LogP contribution in [0.1, 0.15) is 52.9 Å². The molecule has 5 nitrogen and oxygen atoms in total. The van der Waals surface area contributed by atoms with E-state index in [9.17, 15) is 4.79 Å². The van der Waals surface area contributed by atoms with Gasteiger partial charge in [0.05, 0.1) is 6.42 Å². The van der Waals surface area contributed by atoms with Crippen LogP contribution in [0.2, 0.25) is 0 Å². The lowest BCUT2D eigenvalue weighted by atomic mass is 9.68. The highest BCUT2D eigenvalue weighted by molar-refractivity contribution is 5.86. The molecule has 0 atom stereocenters. The Morgan fingerprint density at radius 3 is 2.56 bits per heavy atom. The van der Waals surface area contributed by atoms with E-state index in [1.807, 2.05) is 0 Å². The molecule has 1 aliphatic carbocycles. The summed E-state index contributed by atoms with van der Waals surface area (Å²) in [7, 11) is 0. The molecule has 2 rings (SSSR count). The normalized spacial score (nSPS) is 31.9. The van der Waals surface area contributed by atoms with Crippen molar-refractivity contribution in [3.05, 3.63) is 0 Å². The van der Waals surface area contributed by atoms with Crippen molar-refractivity contribution in [2.75, 3.05) is 0 Å². The molecule has 0 aromatic rings. The Balaban J connectivity index is 1.89. The van der Waals surface area contributed by atoms with Crippen molar-refractivity contribution >= 4 is 12.1 Å². The highest BCUT2D eigenvalue weighted by Gasteiger charge is 2.45. The van der Waals surface area contributed by atoms with Gasteiger partial charge in [0.25, 0.3) is 0 Å². The molecule has 1 saturated carbocycles. The zero-order valence-electron chi connectivity index (χ0n) is 11.2. The van der Waals surface area contributed by atoms with E-state index in [0.29, 0.717) is 17.8 Å². The molecule has 2 aliphatic rings. The van der Waals surface area contributed by atoms with Crippen molar-refractivity contribution < 1.29 is 19.5 Å². The quantitative estimate of drug-likeness (QED) is 0.674. The van der Waals surface area contributed by atoms with Crippen molar-refractivity contribution in [3.8, 4) is 0 Å². The topological polar surface area (TPSA) is 68.1 Å². The summed E-state index contributed by atoms with van der Waals surface area (Å²) in [6.45, 7) is 6.79. The molecule has 18 heavy (non-hydrogen) atoms. The Labute approximate surface area is 107 Å². The van der Waals surface area contributed by atoms with Gasteiger partial charge in [0, 0.05) is 0 Å². The Morgan fingerprint density at radius 2 is 2.06 bits per heavy atom. The number of rotatable bonds is 0. The Morgan fingerprint density at radius 1 is 1.44 bits per heavy atom. The van der Waals surface area contributed by atoms with Crippen LogP contribution in [0.15, 0.2) is 5.16 Å². The van der Waals surface area contributed by atoms with E-state index in [0.717, 1.165) is 25.7 Å². The second-order valence-electron chi connectivity index (χ2n) is 6.44. The Bertz CT molecular complexity index is 362. The molecule has 0 amide bonds. The van der Waals surface area contributed by atoms with Gasteiger partial charge >= 0.3 is 6.16 Å². The maximum atomic E-state index is 10.5. The van der Waals surface area contributed by atoms with Crippen LogP contribution < -0.4 is 0 Å². The summed E-state index contributed by atoms with van der Waals surface area (Å²) in [6.07, 6.45) is 3.20. The van der Waals surface area contributed by atoms with Crippen molar-refractivity contribution in [2.24, 2.45) is 16.5 Å². The number of carboxylic acid groups (broad SMARTS) is 1. The van der Waals surface area contributed by atoms with Gasteiger partial charge in [-0.3, -0.25) is 0 Å². The van der Waals surface area contributed by atoms with Gasteiger partial charge in [-0.15, -0.1) is 0 Å². The molecule has 1 fully saturated rings. The molecule has 0 saturated heterocycles. The Kier molecular flexibility index (Phi) is 3.25. The molecule has 1 spiro atoms. The highest BCUT2D eigenvalue weighted by Crippen LogP contribution is 2.45. The second-order valence-corrected chi connectivity index (χ2v) is 6.44. The van der Waals surface area contributed by atoms with E-state index < -0.39 is 6.16 Å². The SMILES string of the molecule is CC(C)(C)C1CCC2(CC1)CC(OC(=O)O)=NO2. The third kappa shape index (κ3) is 2.76. The molecule has 0 unspecified atom stereocenters. The fourth-order valence-corrected chi connectivity index (χ4v) is 2.92. The third-order valence-electron chi connectivity index (χ3n) is 4.14. The molecule has 1 heterocycles. The van der Waals surface area contributed by atoms with Crippen molar-refractivity contribution in [1.29, 1.82) is 0 Å². The van der Waals surface area contributed by atoms with Crippen molar-refractivity contribution in [2.45, 2.75) is 58.5 Å². The fourth-order valence-electron chi connectivity index (χ4n) is 2.92. The zero-order valence-corrected chi connectivity index (χ0v) is 11.2. The van der Waals surface area contributed by atoms with Crippen LogP contribution in [-0.4, -0.2) is 22.8 Å². The molecule has 1 aliphatic heterocycles. The van der Waals surface area contributed by atoms with Gasteiger partial charge in [0.1, 0.15) is 5.60 Å². The molecule has 0 aromatic heterocycles. The third-order valence-corrected chi connectivity index (χ3v) is 4.14. The molecule has 1 N–H and O–H groups in total. The maximum absolute atomic E-state index is 10.5. The van der Waals surface area contributed by atoms with E-state index in [4.69, 9.17) is 9.94 Å². The smallest absolute Gasteiger partial charge is 0.449 e. The zero-order chi connectivity index (χ0) is 13.4. The maximum Gasteiger partial charge on any atom is 0.512 e. The molecule has 5 heteroatoms. The van der Waals surface area contributed by atoms with Gasteiger partial charge < -0.3 is 14.7 Å². The van der Waals surface area contributed by atoms with Gasteiger partial charge in [-0.25, -0.2) is 4.79 Å². The van der Waals surface area contributed by atoms with Crippen molar-refractivity contribution in [3.63, 3.8) is 0 Å². The van der Waals surface area contributed by atoms with E-state index in [1.54, 1.807) is 0 Å². The van der Waals surface area contributed by atoms with Crippen LogP contribution >= 0.6 is 0 Å². The lowest BCUT2D eigenvalue weighted by molar-refractivity contribution is -0.0640. The predicted molar refractivity (Wildman–Crippen MR) is 66.4 cm³/mol. The fraction of sp³-hybridized carbons (Fsp3) is 0.846. The van der Waals surface area contributed by atoms with Crippen molar-refractivity contribution in [1.82, 2.24) is 0 Å². The standard InChI is InChI=1S/C13H21NO4/c1-12(2,3)9-4-6-13(7-5-9)8-10(14-18-13)17-11(15)16/h9H,4-8H2,1-3H3,(H,15,16). The summed E-state index contributed by atoms with van der Waals surface area (Å²) < 4.78 is 4.57. The Hall–Kier alpha value is -1.26. The number of nitrogens with zero attached hydrogens (tertiary/aromatic N) is 1. The summed E-state index contributed by atoms with van der Waals surface area (Å²) in [6, 6.07) is 0. The van der Waals surface area contributed by atoms with Gasteiger partial charge in [0.2, 0.25) is 5.90 Å². The van der Waals surface area contributed by atoms with Gasteiger partial charge in [-0.05, 0) is 37.0 Å². The minimum atomic E-state index is -1.32. The largest absolute Gasteiger partial charge is 0.512 e. The summed E-state index contributed by atoms with van der Waals surface area (Å²) in [5, 5.41) is 12.3. The number of carbonyl (C=O) groups is 1. The summed E-state index contributed by atoms with van der Waals surface area (Å²) in [5.74, 6) is 0.882. The minimum Gasteiger partial charge on any atom is -0.449 e. The first-order valence-corrected chi connectivity index (χ1v) is 6.47. The number of oxime groups is 1. The molecule has 0 bridgehead atoms. The van der Waals surface area contributed by atoms with Crippen LogP contribution in [0.5, 0.6) is 0 Å². The molecular weight excluding hydrogens is 234 g/mol. The number of ether oxygens (including phenoxy) is 1. The summed E-state index contributed by atoms with van der Waals surface area (Å²) in [4.78, 5) is 15.9. The average Bonchev–Trinajstić information content (AvgIpc) is 2.60. The van der Waals surface area contributed by atoms with Crippen LogP contribution in [0.3, 0.4) is 0 Å². The first kappa shape index (κ1) is 13.2. The lowest BCUT2D eigenvalue weighted by Crippen LogP contribution is -2.37. The van der Waals surface area contributed by atoms with Gasteiger partial charge in [0.15, 0.2) is 0 Å². The second kappa shape index (κ2) is 4.44. The highest BCUT2D eigenvalue weighted by atomic mass is 16.7. The molecule has 102 valence electrons. The minimum absolute atomic E-state index is 0.191. The molecular formula is C13H21NO4. The van der Waals surface area contributed by atoms with Gasteiger partial charge in [-0.2, -0.15) is 0 Å². The van der Waals surface area contributed by atoms with E-state index in [1.165, 1.54) is 0 Å². The molecule has 0 radical (unpaired) electrons. The number of hydrogen-bond acceptors (Lipinski definition) is 4. The summed E-state index contributed by atoms with van der Waals surface area (Å²) in [5.41, 5.74) is 0.00794. The van der Waals surface area contributed by atoms with E-state index in [2.05, 4.69) is 30.7 Å². The first-order valence-electron chi connectivity index (χ1n) is 6.47. The van der Waals surface area contributed by atoms with E-state index >= 15 is 0 Å². The predicted octanol–water partition coefficient (Wildman–Crippen LogP) is 3.39. The van der Waals surface area contributed by atoms with Gasteiger partial charge in [-0.1, -0.05) is 25.9 Å². The van der Waals surface area contributed by atoms with Crippen LogP contribution in [0.4, 0.5) is 4.79 Å². The van der Waals surface area contributed by atoms with Crippen LogP contribution in [-0.2, 0) is 9.57 Å². The van der Waals surface area contributed by atoms with Crippen LogP contribution in [0, 0.1) is 11.3 Å². The first-order chi connectivity index (χ1) is 8.31.